The number of rotatable bonds is 6. The summed E-state index contributed by atoms with van der Waals surface area (Å²) in [6, 6.07) is 15.8. The van der Waals surface area contributed by atoms with Crippen LogP contribution in [0.3, 0.4) is 0 Å². The molecule has 0 aromatic heterocycles. The van der Waals surface area contributed by atoms with Gasteiger partial charge in [0.15, 0.2) is 0 Å². The van der Waals surface area contributed by atoms with Gasteiger partial charge in [-0.1, -0.05) is 24.3 Å². The molecule has 0 aliphatic carbocycles. The summed E-state index contributed by atoms with van der Waals surface area (Å²) in [6.45, 7) is 0.0811. The van der Waals surface area contributed by atoms with Crippen LogP contribution in [0, 0.1) is 10.1 Å². The van der Waals surface area contributed by atoms with E-state index in [4.69, 9.17) is 4.74 Å². The van der Waals surface area contributed by atoms with Gasteiger partial charge in [-0.05, 0) is 36.1 Å². The van der Waals surface area contributed by atoms with Crippen molar-refractivity contribution in [3.63, 3.8) is 0 Å². The molecule has 0 spiro atoms. The number of hydrogen-bond donors (Lipinski definition) is 0. The van der Waals surface area contributed by atoms with E-state index < -0.39 is 10.9 Å². The average Bonchev–Trinajstić information content (AvgIpc) is 2.74. The summed E-state index contributed by atoms with van der Waals surface area (Å²) in [5.41, 5.74) is 0.833. The zero-order valence-corrected chi connectivity index (χ0v) is 15.7. The third-order valence-corrected chi connectivity index (χ3v) is 4.90. The van der Waals surface area contributed by atoms with Gasteiger partial charge in [0.2, 0.25) is 0 Å². The van der Waals surface area contributed by atoms with Gasteiger partial charge in [0.1, 0.15) is 5.75 Å². The maximum absolute atomic E-state index is 12.8. The number of benzene rings is 3. The summed E-state index contributed by atoms with van der Waals surface area (Å²) < 4.78 is 5.15. The Hall–Kier alpha value is -4.07. The highest BCUT2D eigenvalue weighted by molar-refractivity contribution is 6.25. The second-order valence-electron chi connectivity index (χ2n) is 6.80. The highest BCUT2D eigenvalue weighted by atomic mass is 16.6. The molecule has 150 valence electrons. The molecule has 0 fully saturated rings. The fraction of sp³-hybridized carbons (Fsp3) is 0.136. The van der Waals surface area contributed by atoms with E-state index in [1.165, 1.54) is 24.3 Å². The van der Waals surface area contributed by atoms with Gasteiger partial charge >= 0.3 is 5.97 Å². The molecule has 0 radical (unpaired) electrons. The van der Waals surface area contributed by atoms with Crippen molar-refractivity contribution in [2.45, 2.75) is 12.8 Å². The number of ether oxygens (including phenoxy) is 1. The van der Waals surface area contributed by atoms with Crippen molar-refractivity contribution in [1.29, 1.82) is 0 Å². The van der Waals surface area contributed by atoms with Crippen LogP contribution in [0.1, 0.15) is 33.6 Å². The van der Waals surface area contributed by atoms with E-state index in [2.05, 4.69) is 0 Å². The van der Waals surface area contributed by atoms with Crippen molar-refractivity contribution >= 4 is 34.2 Å². The van der Waals surface area contributed by atoms with Crippen LogP contribution in [0.4, 0.5) is 5.69 Å². The molecule has 3 aromatic carbocycles. The number of carbonyl (C=O) groups is 3. The van der Waals surface area contributed by atoms with Crippen molar-refractivity contribution in [3.05, 3.63) is 81.9 Å². The number of nitrogens with zero attached hydrogens (tertiary/aromatic N) is 2. The van der Waals surface area contributed by atoms with Crippen LogP contribution >= 0.6 is 0 Å². The molecule has 2 amide bonds. The molecule has 30 heavy (non-hydrogen) atoms. The molecule has 3 aromatic rings. The second-order valence-corrected chi connectivity index (χ2v) is 6.80. The maximum Gasteiger partial charge on any atom is 0.311 e. The minimum absolute atomic E-state index is 0.0140. The molecule has 0 N–H and O–H groups in total. The normalized spacial score (nSPS) is 12.9. The molecule has 1 aliphatic rings. The van der Waals surface area contributed by atoms with Crippen LogP contribution in [0.2, 0.25) is 0 Å². The van der Waals surface area contributed by atoms with Gasteiger partial charge in [-0.2, -0.15) is 0 Å². The predicted octanol–water partition coefficient (Wildman–Crippen LogP) is 3.73. The van der Waals surface area contributed by atoms with Gasteiger partial charge in [-0.25, -0.2) is 0 Å². The Bertz CT molecular complexity index is 1140. The Morgan fingerprint density at radius 2 is 1.53 bits per heavy atom. The lowest BCUT2D eigenvalue weighted by atomic mass is 9.94. The van der Waals surface area contributed by atoms with Crippen LogP contribution in [-0.2, 0) is 4.79 Å². The molecule has 1 aliphatic heterocycles. The van der Waals surface area contributed by atoms with Gasteiger partial charge in [-0.3, -0.25) is 29.4 Å². The van der Waals surface area contributed by atoms with Crippen LogP contribution < -0.4 is 4.74 Å². The van der Waals surface area contributed by atoms with Crippen LogP contribution in [-0.4, -0.2) is 34.2 Å². The monoisotopic (exact) mass is 404 g/mol. The maximum atomic E-state index is 12.8. The van der Waals surface area contributed by atoms with Crippen molar-refractivity contribution in [1.82, 2.24) is 4.90 Å². The number of imide groups is 1. The SMILES string of the molecule is O=C(CCCN1C(=O)c2cccc3cccc(c23)C1=O)Oc1ccc([N+](=O)[O-])cc1. The molecule has 1 heterocycles. The number of non-ortho nitro benzene ring substituents is 1. The highest BCUT2D eigenvalue weighted by Gasteiger charge is 2.32. The minimum atomic E-state index is -0.553. The van der Waals surface area contributed by atoms with E-state index >= 15 is 0 Å². The van der Waals surface area contributed by atoms with E-state index in [0.29, 0.717) is 16.5 Å². The lowest BCUT2D eigenvalue weighted by Gasteiger charge is -2.27. The van der Waals surface area contributed by atoms with E-state index in [-0.39, 0.29) is 42.6 Å². The summed E-state index contributed by atoms with van der Waals surface area (Å²) in [5, 5.41) is 12.1. The van der Waals surface area contributed by atoms with Crippen LogP contribution in [0.15, 0.2) is 60.7 Å². The Morgan fingerprint density at radius 1 is 0.933 bits per heavy atom. The fourth-order valence-corrected chi connectivity index (χ4v) is 3.48. The first-order chi connectivity index (χ1) is 14.5. The molecule has 0 bridgehead atoms. The lowest BCUT2D eigenvalue weighted by Crippen LogP contribution is -2.41. The lowest BCUT2D eigenvalue weighted by molar-refractivity contribution is -0.384. The molecule has 0 saturated carbocycles. The number of amides is 2. The van der Waals surface area contributed by atoms with E-state index in [9.17, 15) is 24.5 Å². The zero-order chi connectivity index (χ0) is 21.3. The van der Waals surface area contributed by atoms with Crippen molar-refractivity contribution in [3.8, 4) is 5.75 Å². The smallest absolute Gasteiger partial charge is 0.311 e. The largest absolute Gasteiger partial charge is 0.427 e. The number of esters is 1. The molecule has 0 atom stereocenters. The number of carbonyl (C=O) groups excluding carboxylic acids is 3. The van der Waals surface area contributed by atoms with E-state index in [1.807, 2.05) is 12.1 Å². The van der Waals surface area contributed by atoms with Gasteiger partial charge < -0.3 is 4.74 Å². The summed E-state index contributed by atoms with van der Waals surface area (Å²) in [5.74, 6) is -1.12. The molecule has 4 rings (SSSR count). The quantitative estimate of drug-likeness (QED) is 0.204. The fourth-order valence-electron chi connectivity index (χ4n) is 3.48. The number of nitro groups is 1. The molecule has 0 unspecified atom stereocenters. The van der Waals surface area contributed by atoms with Crippen molar-refractivity contribution in [2.24, 2.45) is 0 Å². The van der Waals surface area contributed by atoms with Gasteiger partial charge in [0.05, 0.1) is 4.92 Å². The Morgan fingerprint density at radius 3 is 2.10 bits per heavy atom. The summed E-state index contributed by atoms with van der Waals surface area (Å²) in [7, 11) is 0. The first-order valence-electron chi connectivity index (χ1n) is 9.29. The van der Waals surface area contributed by atoms with Crippen molar-refractivity contribution in [2.75, 3.05) is 6.54 Å². The Kier molecular flexibility index (Phi) is 4.97. The first kappa shape index (κ1) is 19.3. The molecule has 0 saturated heterocycles. The number of hydrogen-bond acceptors (Lipinski definition) is 6. The number of nitro benzene ring substituents is 1. The van der Waals surface area contributed by atoms with E-state index in [1.54, 1.807) is 24.3 Å². The predicted molar refractivity (Wildman–Crippen MR) is 107 cm³/mol. The third kappa shape index (κ3) is 3.50. The standard InChI is InChI=1S/C22H16N2O6/c25-19(30-16-11-9-15(10-12-16)24(28)29)8-3-13-23-21(26)17-6-1-4-14-5-2-7-18(20(14)17)22(23)27/h1-2,4-7,9-12H,3,8,13H2. The van der Waals surface area contributed by atoms with Crippen LogP contribution in [0.5, 0.6) is 5.75 Å². The van der Waals surface area contributed by atoms with Gasteiger partial charge in [0, 0.05) is 41.6 Å². The van der Waals surface area contributed by atoms with Crippen molar-refractivity contribution < 1.29 is 24.0 Å². The van der Waals surface area contributed by atoms with Crippen LogP contribution in [0.25, 0.3) is 10.8 Å². The topological polar surface area (TPSA) is 107 Å². The van der Waals surface area contributed by atoms with Gasteiger partial charge in [0.25, 0.3) is 17.5 Å². The second kappa shape index (κ2) is 7.75. The summed E-state index contributed by atoms with van der Waals surface area (Å²) in [4.78, 5) is 48.9. The third-order valence-electron chi connectivity index (χ3n) is 4.90. The Balaban J connectivity index is 1.39. The zero-order valence-electron chi connectivity index (χ0n) is 15.7. The Labute approximate surface area is 170 Å². The summed E-state index contributed by atoms with van der Waals surface area (Å²) in [6.07, 6.45) is 0.224. The molecule has 8 nitrogen and oxygen atoms in total. The minimum Gasteiger partial charge on any atom is -0.427 e. The molecular formula is C22H16N2O6. The van der Waals surface area contributed by atoms with E-state index in [0.717, 1.165) is 10.3 Å². The average molecular weight is 404 g/mol. The summed E-state index contributed by atoms with van der Waals surface area (Å²) >= 11 is 0. The van der Waals surface area contributed by atoms with Gasteiger partial charge in [-0.15, -0.1) is 0 Å². The molecule has 8 heteroatoms. The molecular weight excluding hydrogens is 388 g/mol. The first-order valence-corrected chi connectivity index (χ1v) is 9.29. The highest BCUT2D eigenvalue weighted by Crippen LogP contribution is 2.30.